The lowest BCUT2D eigenvalue weighted by Crippen LogP contribution is -2.45. The van der Waals surface area contributed by atoms with Crippen LogP contribution in [0.25, 0.3) is 0 Å². The fraction of sp³-hybridized carbons (Fsp3) is 0.429. The normalized spacial score (nSPS) is 18.9. The first kappa shape index (κ1) is 17.9. The molecule has 2 aliphatic rings. The Morgan fingerprint density at radius 1 is 1.22 bits per heavy atom. The van der Waals surface area contributed by atoms with Crippen LogP contribution in [0.5, 0.6) is 5.75 Å². The van der Waals surface area contributed by atoms with E-state index in [1.807, 2.05) is 30.3 Å². The standard InChI is InChI=1S/C21H24FN3O2/c22-21(14-17-5-1-2-9-24-17)7-11-25(12-8-21)20(26)18-6-3-4-16-15-23-10-13-27-19(16)18/h1-6,9,23H,7-8,10-15H2. The maximum Gasteiger partial charge on any atom is 0.257 e. The van der Waals surface area contributed by atoms with Gasteiger partial charge in [-0.25, -0.2) is 4.39 Å². The van der Waals surface area contributed by atoms with Gasteiger partial charge in [0.1, 0.15) is 18.0 Å². The third-order valence-corrected chi connectivity index (χ3v) is 5.34. The van der Waals surface area contributed by atoms with Crippen molar-refractivity contribution in [3.63, 3.8) is 0 Å². The second-order valence-electron chi connectivity index (χ2n) is 7.26. The van der Waals surface area contributed by atoms with E-state index in [0.29, 0.717) is 56.8 Å². The maximum absolute atomic E-state index is 15.2. The highest BCUT2D eigenvalue weighted by atomic mass is 19.1. The van der Waals surface area contributed by atoms with Gasteiger partial charge in [0.05, 0.1) is 5.56 Å². The van der Waals surface area contributed by atoms with Crippen LogP contribution in [0.1, 0.15) is 34.5 Å². The third kappa shape index (κ3) is 3.95. The summed E-state index contributed by atoms with van der Waals surface area (Å²) in [5.41, 5.74) is 1.02. The fourth-order valence-corrected chi connectivity index (χ4v) is 3.80. The summed E-state index contributed by atoms with van der Waals surface area (Å²) in [4.78, 5) is 19.0. The number of halogens is 1. The molecule has 1 N–H and O–H groups in total. The molecule has 1 aromatic carbocycles. The number of amides is 1. The summed E-state index contributed by atoms with van der Waals surface area (Å²) in [5, 5.41) is 3.28. The summed E-state index contributed by atoms with van der Waals surface area (Å²) >= 11 is 0. The Balaban J connectivity index is 1.45. The SMILES string of the molecule is O=C(c1cccc2c1OCCNC2)N1CCC(F)(Cc2ccccn2)CC1. The van der Waals surface area contributed by atoms with E-state index in [4.69, 9.17) is 4.74 Å². The van der Waals surface area contributed by atoms with Crippen molar-refractivity contribution in [2.45, 2.75) is 31.5 Å². The quantitative estimate of drug-likeness (QED) is 0.904. The number of carbonyl (C=O) groups is 1. The molecule has 6 heteroatoms. The Kier molecular flexibility index (Phi) is 5.07. The summed E-state index contributed by atoms with van der Waals surface area (Å²) in [6, 6.07) is 11.2. The number of piperidine rings is 1. The van der Waals surface area contributed by atoms with Crippen molar-refractivity contribution >= 4 is 5.91 Å². The number of benzene rings is 1. The molecule has 0 aliphatic carbocycles. The first-order valence-corrected chi connectivity index (χ1v) is 9.48. The molecule has 1 fully saturated rings. The van der Waals surface area contributed by atoms with E-state index >= 15 is 4.39 Å². The molecule has 0 bridgehead atoms. The minimum atomic E-state index is -1.31. The molecule has 4 rings (SSSR count). The Morgan fingerprint density at radius 3 is 2.85 bits per heavy atom. The summed E-state index contributed by atoms with van der Waals surface area (Å²) in [6.45, 7) is 2.79. The van der Waals surface area contributed by atoms with Crippen molar-refractivity contribution in [1.29, 1.82) is 0 Å². The van der Waals surface area contributed by atoms with Crippen molar-refractivity contribution < 1.29 is 13.9 Å². The highest BCUT2D eigenvalue weighted by molar-refractivity contribution is 5.97. The number of pyridine rings is 1. The molecule has 27 heavy (non-hydrogen) atoms. The molecule has 0 spiro atoms. The lowest BCUT2D eigenvalue weighted by Gasteiger charge is -2.36. The van der Waals surface area contributed by atoms with Crippen molar-refractivity contribution in [2.75, 3.05) is 26.2 Å². The lowest BCUT2D eigenvalue weighted by atomic mass is 9.88. The van der Waals surface area contributed by atoms with Gasteiger partial charge >= 0.3 is 0 Å². The fourth-order valence-electron chi connectivity index (χ4n) is 3.80. The number of hydrogen-bond acceptors (Lipinski definition) is 4. The average molecular weight is 369 g/mol. The number of alkyl halides is 1. The van der Waals surface area contributed by atoms with Gasteiger partial charge in [0, 0.05) is 50.1 Å². The van der Waals surface area contributed by atoms with Gasteiger partial charge in [0.15, 0.2) is 0 Å². The van der Waals surface area contributed by atoms with Crippen molar-refractivity contribution in [1.82, 2.24) is 15.2 Å². The molecular formula is C21H24FN3O2. The zero-order chi connectivity index (χ0) is 18.7. The molecule has 2 aliphatic heterocycles. The summed E-state index contributed by atoms with van der Waals surface area (Å²) in [7, 11) is 0. The number of para-hydroxylation sites is 1. The van der Waals surface area contributed by atoms with Crippen molar-refractivity contribution in [3.05, 3.63) is 59.4 Å². The molecular weight excluding hydrogens is 345 g/mol. The number of nitrogens with zero attached hydrogens (tertiary/aromatic N) is 2. The predicted molar refractivity (Wildman–Crippen MR) is 101 cm³/mol. The molecule has 0 saturated carbocycles. The summed E-state index contributed by atoms with van der Waals surface area (Å²) in [5.74, 6) is 0.590. The lowest BCUT2D eigenvalue weighted by molar-refractivity contribution is 0.0431. The Hall–Kier alpha value is -2.47. The van der Waals surface area contributed by atoms with Crippen LogP contribution in [0.4, 0.5) is 4.39 Å². The smallest absolute Gasteiger partial charge is 0.257 e. The number of fused-ring (bicyclic) bond motifs is 1. The second-order valence-corrected chi connectivity index (χ2v) is 7.26. The summed E-state index contributed by atoms with van der Waals surface area (Å²) in [6.07, 6.45) is 2.64. The van der Waals surface area contributed by atoms with Crippen LogP contribution >= 0.6 is 0 Å². The van der Waals surface area contributed by atoms with E-state index < -0.39 is 5.67 Å². The van der Waals surface area contributed by atoms with E-state index in [9.17, 15) is 4.79 Å². The van der Waals surface area contributed by atoms with Gasteiger partial charge in [-0.15, -0.1) is 0 Å². The minimum Gasteiger partial charge on any atom is -0.491 e. The zero-order valence-corrected chi connectivity index (χ0v) is 15.3. The van der Waals surface area contributed by atoms with E-state index in [2.05, 4.69) is 10.3 Å². The molecule has 1 saturated heterocycles. The van der Waals surface area contributed by atoms with E-state index in [1.54, 1.807) is 17.2 Å². The van der Waals surface area contributed by atoms with Gasteiger partial charge in [-0.2, -0.15) is 0 Å². The number of ether oxygens (including phenoxy) is 1. The van der Waals surface area contributed by atoms with Crippen LogP contribution < -0.4 is 10.1 Å². The predicted octanol–water partition coefficient (Wildman–Crippen LogP) is 2.75. The molecule has 1 amide bonds. The van der Waals surface area contributed by atoms with Crippen LogP contribution in [0.3, 0.4) is 0 Å². The molecule has 3 heterocycles. The van der Waals surface area contributed by atoms with Crippen LogP contribution in [-0.4, -0.2) is 47.7 Å². The minimum absolute atomic E-state index is 0.0753. The maximum atomic E-state index is 15.2. The monoisotopic (exact) mass is 369 g/mol. The molecule has 142 valence electrons. The molecule has 0 atom stereocenters. The first-order valence-electron chi connectivity index (χ1n) is 9.48. The highest BCUT2D eigenvalue weighted by Crippen LogP contribution is 2.32. The average Bonchev–Trinajstić information content (AvgIpc) is 2.94. The van der Waals surface area contributed by atoms with Crippen LogP contribution in [0.15, 0.2) is 42.6 Å². The van der Waals surface area contributed by atoms with Crippen molar-refractivity contribution in [2.24, 2.45) is 0 Å². The zero-order valence-electron chi connectivity index (χ0n) is 15.3. The van der Waals surface area contributed by atoms with Gasteiger partial charge < -0.3 is 15.0 Å². The number of rotatable bonds is 3. The van der Waals surface area contributed by atoms with Gasteiger partial charge in [-0.1, -0.05) is 18.2 Å². The Morgan fingerprint density at radius 2 is 2.07 bits per heavy atom. The van der Waals surface area contributed by atoms with Gasteiger partial charge in [-0.3, -0.25) is 9.78 Å². The Labute approximate surface area is 158 Å². The van der Waals surface area contributed by atoms with E-state index in [0.717, 1.165) is 17.8 Å². The molecule has 1 aromatic heterocycles. The van der Waals surface area contributed by atoms with Gasteiger partial charge in [-0.05, 0) is 31.0 Å². The number of hydrogen-bond donors (Lipinski definition) is 1. The topological polar surface area (TPSA) is 54.5 Å². The Bertz CT molecular complexity index is 804. The van der Waals surface area contributed by atoms with Crippen molar-refractivity contribution in [3.8, 4) is 5.75 Å². The first-order chi connectivity index (χ1) is 13.1. The molecule has 0 radical (unpaired) electrons. The molecule has 0 unspecified atom stereocenters. The van der Waals surface area contributed by atoms with E-state index in [1.165, 1.54) is 0 Å². The van der Waals surface area contributed by atoms with Gasteiger partial charge in [0.2, 0.25) is 0 Å². The number of carbonyl (C=O) groups excluding carboxylic acids is 1. The summed E-state index contributed by atoms with van der Waals surface area (Å²) < 4.78 is 21.0. The number of nitrogens with one attached hydrogen (secondary N) is 1. The van der Waals surface area contributed by atoms with E-state index in [-0.39, 0.29) is 5.91 Å². The van der Waals surface area contributed by atoms with Gasteiger partial charge in [0.25, 0.3) is 5.91 Å². The third-order valence-electron chi connectivity index (χ3n) is 5.34. The van der Waals surface area contributed by atoms with Crippen LogP contribution in [-0.2, 0) is 13.0 Å². The number of aromatic nitrogens is 1. The molecule has 2 aromatic rings. The number of likely N-dealkylation sites (tertiary alicyclic amines) is 1. The largest absolute Gasteiger partial charge is 0.491 e. The second kappa shape index (κ2) is 7.64. The van der Waals surface area contributed by atoms with Crippen LogP contribution in [0.2, 0.25) is 0 Å². The highest BCUT2D eigenvalue weighted by Gasteiger charge is 2.37. The van der Waals surface area contributed by atoms with Crippen LogP contribution in [0, 0.1) is 0 Å². The molecule has 5 nitrogen and oxygen atoms in total.